The molecule has 2 aromatic carbocycles. The summed E-state index contributed by atoms with van der Waals surface area (Å²) in [6, 6.07) is 10.7. The number of esters is 1. The fraction of sp³-hybridized carbons (Fsp3) is 0.167. The summed E-state index contributed by atoms with van der Waals surface area (Å²) < 4.78 is 10.3. The Bertz CT molecular complexity index is 843. The fourth-order valence-corrected chi connectivity index (χ4v) is 2.45. The summed E-state index contributed by atoms with van der Waals surface area (Å²) in [6.45, 7) is 1.34. The third kappa shape index (κ3) is 3.43. The van der Waals surface area contributed by atoms with Crippen LogP contribution in [-0.2, 0) is 16.0 Å². The topological polar surface area (TPSA) is 77.0 Å². The van der Waals surface area contributed by atoms with Crippen LogP contribution >= 0.6 is 0 Å². The normalized spacial score (nSPS) is 12.8. The number of methoxy groups -OCH3 is 1. The molecule has 1 aliphatic rings. The molecule has 3 rings (SSSR count). The summed E-state index contributed by atoms with van der Waals surface area (Å²) >= 11 is 0. The van der Waals surface area contributed by atoms with Gasteiger partial charge in [0.25, 0.3) is 0 Å². The van der Waals surface area contributed by atoms with Crippen molar-refractivity contribution < 1.29 is 19.1 Å². The van der Waals surface area contributed by atoms with E-state index in [4.69, 9.17) is 9.47 Å². The van der Waals surface area contributed by atoms with Crippen molar-refractivity contribution >= 4 is 29.5 Å². The zero-order valence-electron chi connectivity index (χ0n) is 13.3. The van der Waals surface area contributed by atoms with Gasteiger partial charge in [-0.3, -0.25) is 14.6 Å². The Morgan fingerprint density at radius 3 is 2.79 bits per heavy atom. The Hall–Kier alpha value is -3.15. The predicted molar refractivity (Wildman–Crippen MR) is 90.3 cm³/mol. The van der Waals surface area contributed by atoms with Gasteiger partial charge in [0.2, 0.25) is 5.91 Å². The van der Waals surface area contributed by atoms with Crippen molar-refractivity contribution in [3.05, 3.63) is 47.5 Å². The summed E-state index contributed by atoms with van der Waals surface area (Å²) in [5.41, 5.74) is 3.34. The summed E-state index contributed by atoms with van der Waals surface area (Å²) in [5, 5.41) is 2.79. The molecule has 1 amide bonds. The van der Waals surface area contributed by atoms with Gasteiger partial charge < -0.3 is 14.8 Å². The molecular weight excluding hydrogens is 308 g/mol. The summed E-state index contributed by atoms with van der Waals surface area (Å²) in [7, 11) is 1.51. The average Bonchev–Trinajstić information content (AvgIpc) is 2.92. The Labute approximate surface area is 139 Å². The number of amides is 1. The van der Waals surface area contributed by atoms with Crippen molar-refractivity contribution in [2.75, 3.05) is 12.4 Å². The molecule has 1 aliphatic heterocycles. The van der Waals surface area contributed by atoms with Gasteiger partial charge in [-0.15, -0.1) is 0 Å². The molecule has 6 nitrogen and oxygen atoms in total. The molecular formula is C18H16N2O4. The van der Waals surface area contributed by atoms with Crippen LogP contribution in [0.4, 0.5) is 11.4 Å². The van der Waals surface area contributed by atoms with Crippen LogP contribution in [0.3, 0.4) is 0 Å². The Kier molecular flexibility index (Phi) is 4.29. The van der Waals surface area contributed by atoms with Crippen LogP contribution in [0.1, 0.15) is 18.1 Å². The molecule has 0 fully saturated rings. The molecule has 0 aliphatic carbocycles. The number of anilines is 1. The molecule has 1 heterocycles. The van der Waals surface area contributed by atoms with Crippen LogP contribution in [0.15, 0.2) is 41.4 Å². The minimum absolute atomic E-state index is 0.00285. The summed E-state index contributed by atoms with van der Waals surface area (Å²) in [4.78, 5) is 26.8. The van der Waals surface area contributed by atoms with E-state index in [-0.39, 0.29) is 5.91 Å². The molecule has 0 aromatic heterocycles. The van der Waals surface area contributed by atoms with Gasteiger partial charge in [0.15, 0.2) is 11.5 Å². The average molecular weight is 324 g/mol. The van der Waals surface area contributed by atoms with Gasteiger partial charge in [-0.25, -0.2) is 0 Å². The number of carbonyl (C=O) groups is 2. The zero-order valence-corrected chi connectivity index (χ0v) is 13.3. The number of rotatable bonds is 4. The number of carbonyl (C=O) groups excluding carboxylic acids is 2. The van der Waals surface area contributed by atoms with E-state index in [0.29, 0.717) is 17.9 Å². The van der Waals surface area contributed by atoms with E-state index in [1.165, 1.54) is 14.0 Å². The smallest absolute Gasteiger partial charge is 0.308 e. The van der Waals surface area contributed by atoms with Crippen LogP contribution in [-0.4, -0.2) is 25.2 Å². The van der Waals surface area contributed by atoms with Gasteiger partial charge in [0.1, 0.15) is 0 Å². The van der Waals surface area contributed by atoms with Gasteiger partial charge >= 0.3 is 5.97 Å². The van der Waals surface area contributed by atoms with E-state index in [9.17, 15) is 9.59 Å². The lowest BCUT2D eigenvalue weighted by molar-refractivity contribution is -0.132. The monoisotopic (exact) mass is 324 g/mol. The number of nitrogens with zero attached hydrogens (tertiary/aromatic N) is 1. The first-order chi connectivity index (χ1) is 11.5. The molecule has 0 bridgehead atoms. The SMILES string of the molecule is COc1cc(C=Nc2ccc3c(c2)CC(=O)N3)ccc1OC(C)=O. The highest BCUT2D eigenvalue weighted by Crippen LogP contribution is 2.29. The molecule has 0 unspecified atom stereocenters. The number of fused-ring (bicyclic) bond motifs is 1. The van der Waals surface area contributed by atoms with Crippen LogP contribution in [0, 0.1) is 0 Å². The van der Waals surface area contributed by atoms with Gasteiger partial charge in [-0.05, 0) is 47.5 Å². The van der Waals surface area contributed by atoms with E-state index in [1.807, 2.05) is 18.2 Å². The van der Waals surface area contributed by atoms with E-state index >= 15 is 0 Å². The molecule has 2 aromatic rings. The zero-order chi connectivity index (χ0) is 17.1. The van der Waals surface area contributed by atoms with Gasteiger partial charge in [0, 0.05) is 18.8 Å². The maximum atomic E-state index is 11.4. The Morgan fingerprint density at radius 1 is 1.21 bits per heavy atom. The first-order valence-corrected chi connectivity index (χ1v) is 7.38. The van der Waals surface area contributed by atoms with E-state index in [2.05, 4.69) is 10.3 Å². The number of hydrogen-bond donors (Lipinski definition) is 1. The van der Waals surface area contributed by atoms with Gasteiger partial charge in [0.05, 0.1) is 19.2 Å². The molecule has 6 heteroatoms. The van der Waals surface area contributed by atoms with Gasteiger partial charge in [-0.2, -0.15) is 0 Å². The third-order valence-corrected chi connectivity index (χ3v) is 3.52. The van der Waals surface area contributed by atoms with Crippen LogP contribution in [0.5, 0.6) is 11.5 Å². The minimum Gasteiger partial charge on any atom is -0.493 e. The van der Waals surface area contributed by atoms with E-state index < -0.39 is 5.97 Å². The quantitative estimate of drug-likeness (QED) is 0.533. The lowest BCUT2D eigenvalue weighted by atomic mass is 10.1. The van der Waals surface area contributed by atoms with Gasteiger partial charge in [-0.1, -0.05) is 0 Å². The first-order valence-electron chi connectivity index (χ1n) is 7.38. The third-order valence-electron chi connectivity index (χ3n) is 3.52. The molecule has 0 saturated heterocycles. The number of ether oxygens (including phenoxy) is 2. The largest absolute Gasteiger partial charge is 0.493 e. The molecule has 122 valence electrons. The molecule has 0 atom stereocenters. The Morgan fingerprint density at radius 2 is 2.04 bits per heavy atom. The lowest BCUT2D eigenvalue weighted by Gasteiger charge is -2.08. The highest BCUT2D eigenvalue weighted by atomic mass is 16.6. The number of nitrogens with one attached hydrogen (secondary N) is 1. The molecule has 1 N–H and O–H groups in total. The van der Waals surface area contributed by atoms with Crippen molar-refractivity contribution in [3.8, 4) is 11.5 Å². The van der Waals surface area contributed by atoms with Crippen molar-refractivity contribution in [3.63, 3.8) is 0 Å². The van der Waals surface area contributed by atoms with Crippen molar-refractivity contribution in [2.45, 2.75) is 13.3 Å². The van der Waals surface area contributed by atoms with Crippen LogP contribution in [0.25, 0.3) is 0 Å². The second kappa shape index (κ2) is 6.54. The molecule has 0 radical (unpaired) electrons. The highest BCUT2D eigenvalue weighted by molar-refractivity contribution is 5.99. The second-order valence-corrected chi connectivity index (χ2v) is 5.33. The van der Waals surface area contributed by atoms with Crippen molar-refractivity contribution in [1.82, 2.24) is 0 Å². The standard InChI is InChI=1S/C18H16N2O4/c1-11(21)24-16-6-3-12(7-17(16)23-2)10-19-14-4-5-15-13(8-14)9-18(22)20-15/h3-8,10H,9H2,1-2H3,(H,20,22). The molecule has 0 spiro atoms. The van der Waals surface area contributed by atoms with Crippen molar-refractivity contribution in [2.24, 2.45) is 4.99 Å². The second-order valence-electron chi connectivity index (χ2n) is 5.33. The number of aliphatic imine (C=N–C) groups is 1. The van der Waals surface area contributed by atoms with E-state index in [1.54, 1.807) is 24.4 Å². The Balaban J connectivity index is 1.81. The summed E-state index contributed by atoms with van der Waals surface area (Å²) in [6.07, 6.45) is 2.07. The maximum Gasteiger partial charge on any atom is 0.308 e. The fourth-order valence-electron chi connectivity index (χ4n) is 2.45. The van der Waals surface area contributed by atoms with Crippen LogP contribution < -0.4 is 14.8 Å². The predicted octanol–water partition coefficient (Wildman–Crippen LogP) is 2.87. The van der Waals surface area contributed by atoms with E-state index in [0.717, 1.165) is 22.5 Å². The summed E-state index contributed by atoms with van der Waals surface area (Å²) in [5.74, 6) is 0.412. The lowest BCUT2D eigenvalue weighted by Crippen LogP contribution is -2.03. The first kappa shape index (κ1) is 15.7. The maximum absolute atomic E-state index is 11.4. The highest BCUT2D eigenvalue weighted by Gasteiger charge is 2.17. The minimum atomic E-state index is -0.406. The van der Waals surface area contributed by atoms with Crippen LogP contribution in [0.2, 0.25) is 0 Å². The number of benzene rings is 2. The van der Waals surface area contributed by atoms with Crippen molar-refractivity contribution in [1.29, 1.82) is 0 Å². The molecule has 0 saturated carbocycles. The molecule has 24 heavy (non-hydrogen) atoms. The number of hydrogen-bond acceptors (Lipinski definition) is 5.